The first kappa shape index (κ1) is 39.0. The second-order valence-electron chi connectivity index (χ2n) is 15.7. The number of ether oxygens (including phenoxy) is 3. The van der Waals surface area contributed by atoms with Crippen molar-refractivity contribution in [2.45, 2.75) is 70.4 Å². The lowest BCUT2D eigenvalue weighted by Crippen LogP contribution is -2.44. The maximum absolute atomic E-state index is 14.9. The number of aromatic nitrogens is 2. The topological polar surface area (TPSA) is 187 Å². The Morgan fingerprint density at radius 2 is 1.72 bits per heavy atom. The first-order chi connectivity index (χ1) is 29.0. The van der Waals surface area contributed by atoms with Crippen LogP contribution in [-0.2, 0) is 53.9 Å². The molecule has 308 valence electrons. The quantitative estimate of drug-likeness (QED) is 0.101. The van der Waals surface area contributed by atoms with Crippen molar-refractivity contribution in [3.8, 4) is 22.5 Å². The predicted octanol–water partition coefficient (Wildman–Crippen LogP) is 4.55. The number of amides is 3. The maximum Gasteiger partial charge on any atom is 0.407 e. The van der Waals surface area contributed by atoms with Gasteiger partial charge in [0.15, 0.2) is 5.60 Å². The van der Waals surface area contributed by atoms with Crippen LogP contribution in [0, 0.1) is 18.7 Å². The van der Waals surface area contributed by atoms with Gasteiger partial charge in [-0.2, -0.15) is 0 Å². The molecular formula is C45H42FN5O9. The molecule has 9 rings (SSSR count). The minimum Gasteiger partial charge on any atom is -0.458 e. The van der Waals surface area contributed by atoms with E-state index in [0.717, 1.165) is 35.1 Å². The normalized spacial score (nSPS) is 17.8. The van der Waals surface area contributed by atoms with Gasteiger partial charge in [0, 0.05) is 35.0 Å². The lowest BCUT2D eigenvalue weighted by molar-refractivity contribution is -0.172. The van der Waals surface area contributed by atoms with Crippen LogP contribution < -0.4 is 21.5 Å². The molecule has 2 aliphatic carbocycles. The maximum atomic E-state index is 14.9. The Kier molecular flexibility index (Phi) is 9.95. The molecule has 60 heavy (non-hydrogen) atoms. The number of aliphatic hydroxyl groups is 1. The molecule has 1 fully saturated rings. The van der Waals surface area contributed by atoms with Gasteiger partial charge in [0.25, 0.3) is 5.56 Å². The van der Waals surface area contributed by atoms with Crippen molar-refractivity contribution in [1.29, 1.82) is 0 Å². The number of pyridine rings is 2. The van der Waals surface area contributed by atoms with Crippen LogP contribution in [0.1, 0.15) is 71.0 Å². The molecule has 14 nitrogen and oxygen atoms in total. The Bertz CT molecular complexity index is 2650. The van der Waals surface area contributed by atoms with Gasteiger partial charge < -0.3 is 39.8 Å². The molecule has 1 saturated carbocycles. The smallest absolute Gasteiger partial charge is 0.407 e. The average Bonchev–Trinajstić information content (AvgIpc) is 3.95. The first-order valence-electron chi connectivity index (χ1n) is 20.0. The summed E-state index contributed by atoms with van der Waals surface area (Å²) in [6.07, 6.45) is -0.151. The zero-order valence-corrected chi connectivity index (χ0v) is 32.9. The SMILES string of the molecule is CC[C@@]1(O)C(=O)OCc2c1cc1n(c2=O)Cc2c-1nc1cc(F)c(C)cc1c2CNC(=O)[C@H](OCNC(=O)CNC(=O)OCC1c2ccccc2-c2ccccc21)C1CC1. The molecule has 0 saturated heterocycles. The fraction of sp³-hybridized carbons (Fsp3) is 0.333. The van der Waals surface area contributed by atoms with Crippen LogP contribution in [-0.4, -0.2) is 64.5 Å². The molecule has 2 atom stereocenters. The predicted molar refractivity (Wildman–Crippen MR) is 215 cm³/mol. The molecule has 3 amide bonds. The second-order valence-corrected chi connectivity index (χ2v) is 15.7. The number of hydrogen-bond donors (Lipinski definition) is 4. The van der Waals surface area contributed by atoms with E-state index in [1.165, 1.54) is 10.6 Å². The van der Waals surface area contributed by atoms with Crippen molar-refractivity contribution in [3.63, 3.8) is 0 Å². The molecule has 0 unspecified atom stereocenters. The Balaban J connectivity index is 0.847. The van der Waals surface area contributed by atoms with Crippen molar-refractivity contribution in [3.05, 3.63) is 122 Å². The molecule has 2 aromatic heterocycles. The van der Waals surface area contributed by atoms with Crippen LogP contribution in [0.3, 0.4) is 0 Å². The van der Waals surface area contributed by atoms with Gasteiger partial charge in [-0.1, -0.05) is 55.5 Å². The number of nitrogens with zero attached hydrogens (tertiary/aromatic N) is 2. The van der Waals surface area contributed by atoms with Crippen LogP contribution >= 0.6 is 0 Å². The van der Waals surface area contributed by atoms with E-state index in [2.05, 4.69) is 16.0 Å². The van der Waals surface area contributed by atoms with Gasteiger partial charge in [-0.15, -0.1) is 0 Å². The van der Waals surface area contributed by atoms with Gasteiger partial charge in [-0.05, 0) is 77.6 Å². The van der Waals surface area contributed by atoms with Crippen molar-refractivity contribution < 1.29 is 42.9 Å². The summed E-state index contributed by atoms with van der Waals surface area (Å²) in [6, 6.07) is 20.5. The van der Waals surface area contributed by atoms with E-state index >= 15 is 0 Å². The number of hydrogen-bond acceptors (Lipinski definition) is 10. The van der Waals surface area contributed by atoms with E-state index in [1.807, 2.05) is 48.5 Å². The van der Waals surface area contributed by atoms with Crippen molar-refractivity contribution in [2.75, 3.05) is 19.9 Å². The summed E-state index contributed by atoms with van der Waals surface area (Å²) in [4.78, 5) is 70.3. The van der Waals surface area contributed by atoms with Crippen LogP contribution in [0.15, 0.2) is 71.5 Å². The zero-order chi connectivity index (χ0) is 41.9. The Hall–Kier alpha value is -6.45. The number of esters is 1. The molecule has 0 bridgehead atoms. The van der Waals surface area contributed by atoms with Crippen molar-refractivity contribution >= 4 is 34.8 Å². The van der Waals surface area contributed by atoms with E-state index < -0.39 is 47.0 Å². The van der Waals surface area contributed by atoms with Crippen LogP contribution in [0.4, 0.5) is 9.18 Å². The van der Waals surface area contributed by atoms with Gasteiger partial charge in [0.05, 0.1) is 29.0 Å². The first-order valence-corrected chi connectivity index (χ1v) is 20.0. The minimum absolute atomic E-state index is 0.0167. The van der Waals surface area contributed by atoms with E-state index in [-0.39, 0.29) is 69.0 Å². The lowest BCUT2D eigenvalue weighted by Gasteiger charge is -2.31. The lowest BCUT2D eigenvalue weighted by atomic mass is 9.86. The van der Waals surface area contributed by atoms with E-state index in [9.17, 15) is 33.5 Å². The molecule has 15 heteroatoms. The largest absolute Gasteiger partial charge is 0.458 e. The molecule has 4 heterocycles. The monoisotopic (exact) mass is 815 g/mol. The van der Waals surface area contributed by atoms with Crippen LogP contribution in [0.25, 0.3) is 33.4 Å². The number of carbonyl (C=O) groups excluding carboxylic acids is 4. The highest BCUT2D eigenvalue weighted by molar-refractivity contribution is 5.91. The van der Waals surface area contributed by atoms with E-state index in [0.29, 0.717) is 39.0 Å². The molecule has 0 radical (unpaired) electrons. The third-order valence-corrected chi connectivity index (χ3v) is 12.1. The van der Waals surface area contributed by atoms with Gasteiger partial charge in [0.2, 0.25) is 11.8 Å². The Morgan fingerprint density at radius 1 is 1.00 bits per heavy atom. The van der Waals surface area contributed by atoms with E-state index in [1.54, 1.807) is 26.0 Å². The summed E-state index contributed by atoms with van der Waals surface area (Å²) >= 11 is 0. The highest BCUT2D eigenvalue weighted by atomic mass is 19.1. The summed E-state index contributed by atoms with van der Waals surface area (Å²) in [6.45, 7) is 2.47. The van der Waals surface area contributed by atoms with Crippen LogP contribution in [0.2, 0.25) is 0 Å². The third kappa shape index (κ3) is 6.76. The second kappa shape index (κ2) is 15.3. The van der Waals surface area contributed by atoms with Crippen molar-refractivity contribution in [2.24, 2.45) is 5.92 Å². The minimum atomic E-state index is -2.02. The van der Waals surface area contributed by atoms with Crippen molar-refractivity contribution in [1.82, 2.24) is 25.5 Å². The number of nitrogens with one attached hydrogen (secondary N) is 3. The number of alkyl carbamates (subject to hydrolysis) is 1. The fourth-order valence-corrected chi connectivity index (χ4v) is 8.67. The van der Waals surface area contributed by atoms with Gasteiger partial charge >= 0.3 is 12.1 Å². The summed E-state index contributed by atoms with van der Waals surface area (Å²) in [5.74, 6) is -2.48. The fourth-order valence-electron chi connectivity index (χ4n) is 8.67. The highest BCUT2D eigenvalue weighted by Crippen LogP contribution is 2.45. The number of benzene rings is 3. The number of carbonyl (C=O) groups is 4. The molecule has 4 aliphatic rings. The van der Waals surface area contributed by atoms with Crippen LogP contribution in [0.5, 0.6) is 0 Å². The van der Waals surface area contributed by atoms with E-state index in [4.69, 9.17) is 19.2 Å². The number of rotatable bonds is 12. The van der Waals surface area contributed by atoms with Gasteiger partial charge in [-0.25, -0.2) is 19.0 Å². The number of cyclic esters (lactones) is 1. The summed E-state index contributed by atoms with van der Waals surface area (Å²) < 4.78 is 33.0. The Labute approximate surface area is 343 Å². The number of aryl methyl sites for hydroxylation is 1. The average molecular weight is 816 g/mol. The standard InChI is InChI=1S/C45H42FN5O9/c1-3-45(57)34-15-37-39-31(19-51(37)42(54)33(34)21-58-43(45)55)30(29-14-23(2)35(46)16-36(29)50-39)17-47-41(53)40(24-12-13-24)60-22-49-38(52)18-48-44(56)59-20-32-27-10-6-4-8-25(27)26-9-5-7-11-28(26)32/h4-11,14-16,24,32,40,57H,3,12-13,17-22H2,1-2H3,(H,47,53)(H,48,56)(H,49,52)/t40-,45+/m1/s1. The third-order valence-electron chi connectivity index (χ3n) is 12.1. The van der Waals surface area contributed by atoms with Gasteiger partial charge in [-0.3, -0.25) is 14.4 Å². The molecular weight excluding hydrogens is 774 g/mol. The highest BCUT2D eigenvalue weighted by Gasteiger charge is 2.46. The molecule has 5 aromatic rings. The molecule has 2 aliphatic heterocycles. The zero-order valence-electron chi connectivity index (χ0n) is 32.9. The summed E-state index contributed by atoms with van der Waals surface area (Å²) in [5.41, 5.74) is 4.85. The molecule has 4 N–H and O–H groups in total. The molecule has 3 aromatic carbocycles. The number of fused-ring (bicyclic) bond motifs is 8. The summed E-state index contributed by atoms with van der Waals surface area (Å²) in [5, 5.41) is 19.9. The Morgan fingerprint density at radius 3 is 2.42 bits per heavy atom. The molecule has 0 spiro atoms. The van der Waals surface area contributed by atoms with Gasteiger partial charge in [0.1, 0.15) is 38.4 Å². The summed E-state index contributed by atoms with van der Waals surface area (Å²) in [7, 11) is 0. The number of halogens is 1.